The normalized spacial score (nSPS) is 23.8. The smallest absolute Gasteiger partial charge is 0.410 e. The van der Waals surface area contributed by atoms with Gasteiger partial charge in [-0.2, -0.15) is 0 Å². The van der Waals surface area contributed by atoms with Crippen LogP contribution < -0.4 is 0 Å². The van der Waals surface area contributed by atoms with Gasteiger partial charge in [-0.05, 0) is 58.8 Å². The van der Waals surface area contributed by atoms with Crippen molar-refractivity contribution in [2.75, 3.05) is 19.8 Å². The fraction of sp³-hybridized carbons (Fsp3) is 0.512. The van der Waals surface area contributed by atoms with Crippen molar-refractivity contribution in [3.05, 3.63) is 106 Å². The van der Waals surface area contributed by atoms with Gasteiger partial charge in [-0.15, -0.1) is 0 Å². The van der Waals surface area contributed by atoms with Crippen molar-refractivity contribution < 1.29 is 37.7 Å². The van der Waals surface area contributed by atoms with E-state index in [0.717, 1.165) is 27.8 Å². The van der Waals surface area contributed by atoms with Crippen molar-refractivity contribution in [3.8, 4) is 11.1 Å². The van der Waals surface area contributed by atoms with Crippen molar-refractivity contribution in [1.29, 1.82) is 0 Å². The number of carbonyl (C=O) groups is 2. The first-order chi connectivity index (χ1) is 25.9. The van der Waals surface area contributed by atoms with E-state index in [2.05, 4.69) is 68.2 Å². The van der Waals surface area contributed by atoms with Crippen LogP contribution in [0.15, 0.2) is 84.0 Å². The number of hydrogen-bond donors (Lipinski definition) is 0. The zero-order chi connectivity index (χ0) is 38.6. The number of nitrogens with zero attached hydrogens (tertiary/aromatic N) is 4. The number of fused-ring (bicyclic) bond motifs is 4. The summed E-state index contributed by atoms with van der Waals surface area (Å²) < 4.78 is 37.9. The third-order valence-electron chi connectivity index (χ3n) is 11.3. The highest BCUT2D eigenvalue weighted by molar-refractivity contribution is 6.74. The number of rotatable bonds is 12. The van der Waals surface area contributed by atoms with E-state index in [1.807, 2.05) is 68.4 Å². The molecule has 54 heavy (non-hydrogen) atoms. The Morgan fingerprint density at radius 3 is 2.15 bits per heavy atom. The first kappa shape index (κ1) is 39.5. The zero-order valence-corrected chi connectivity index (χ0v) is 33.2. The maximum atomic E-state index is 14.1. The molecule has 13 heteroatoms. The standard InChI is InChI=1S/C41H52N4O8Si/c1-8-27(9-2)45(40(47)49-24-32-30-21-15-13-19-28(30)29-20-14-16-22-31(29)32)23-34(46)51-37-35(43-44-42)39(53-54(6,7)41(3,4)5)50-33-25-48-38(52-36(33)37)26-17-11-10-12-18-26/h10-22,27,32-33,35-39H,8-9,23-25H2,1-7H3/t33-,35-,36+,37-,38+,39+/m1/s1. The van der Waals surface area contributed by atoms with Crippen LogP contribution in [0, 0.1) is 0 Å². The third-order valence-corrected chi connectivity index (χ3v) is 15.7. The van der Waals surface area contributed by atoms with Gasteiger partial charge in [0.2, 0.25) is 0 Å². The monoisotopic (exact) mass is 756 g/mol. The molecule has 288 valence electrons. The quantitative estimate of drug-likeness (QED) is 0.0587. The van der Waals surface area contributed by atoms with Gasteiger partial charge in [0.15, 0.2) is 20.9 Å². The lowest BCUT2D eigenvalue weighted by molar-refractivity contribution is -0.334. The molecule has 0 spiro atoms. The lowest BCUT2D eigenvalue weighted by Gasteiger charge is -2.50. The highest BCUT2D eigenvalue weighted by atomic mass is 28.4. The summed E-state index contributed by atoms with van der Waals surface area (Å²) in [6, 6.07) is 24.3. The van der Waals surface area contributed by atoms with E-state index in [9.17, 15) is 15.1 Å². The molecule has 12 nitrogen and oxygen atoms in total. The third kappa shape index (κ3) is 8.22. The molecule has 0 saturated carbocycles. The predicted molar refractivity (Wildman–Crippen MR) is 206 cm³/mol. The van der Waals surface area contributed by atoms with Gasteiger partial charge < -0.3 is 28.1 Å². The first-order valence-electron chi connectivity index (χ1n) is 18.9. The van der Waals surface area contributed by atoms with Crippen molar-refractivity contribution in [2.45, 2.75) is 114 Å². The summed E-state index contributed by atoms with van der Waals surface area (Å²) in [6.45, 7) is 14.2. The Bertz CT molecular complexity index is 1780. The molecule has 3 aromatic carbocycles. The molecule has 2 heterocycles. The maximum absolute atomic E-state index is 14.1. The fourth-order valence-electron chi connectivity index (χ4n) is 7.30. The van der Waals surface area contributed by atoms with Crippen LogP contribution in [0.1, 0.15) is 76.4 Å². The molecule has 6 atom stereocenters. The van der Waals surface area contributed by atoms with Crippen LogP contribution in [-0.4, -0.2) is 81.7 Å². The minimum Gasteiger partial charge on any atom is -0.458 e. The van der Waals surface area contributed by atoms with E-state index < -0.39 is 57.3 Å². The van der Waals surface area contributed by atoms with Gasteiger partial charge in [-0.3, -0.25) is 9.69 Å². The van der Waals surface area contributed by atoms with Gasteiger partial charge in [0.05, 0.1) is 6.61 Å². The summed E-state index contributed by atoms with van der Waals surface area (Å²) in [5.41, 5.74) is 15.0. The second-order valence-electron chi connectivity index (χ2n) is 15.6. The summed E-state index contributed by atoms with van der Waals surface area (Å²) in [7, 11) is -2.49. The van der Waals surface area contributed by atoms with Crippen molar-refractivity contribution in [1.82, 2.24) is 4.90 Å². The van der Waals surface area contributed by atoms with Gasteiger partial charge >= 0.3 is 12.1 Å². The summed E-state index contributed by atoms with van der Waals surface area (Å²) >= 11 is 0. The molecule has 3 aliphatic rings. The van der Waals surface area contributed by atoms with E-state index in [-0.39, 0.29) is 36.8 Å². The Labute approximate surface area is 318 Å². The van der Waals surface area contributed by atoms with Crippen LogP contribution in [-0.2, 0) is 32.9 Å². The fourth-order valence-corrected chi connectivity index (χ4v) is 8.43. The van der Waals surface area contributed by atoms with Crippen LogP contribution in [0.25, 0.3) is 21.6 Å². The Kier molecular flexibility index (Phi) is 12.2. The number of hydrogen-bond acceptors (Lipinski definition) is 9. The van der Waals surface area contributed by atoms with Crippen LogP contribution in [0.5, 0.6) is 0 Å². The average Bonchev–Trinajstić information content (AvgIpc) is 3.48. The predicted octanol–water partition coefficient (Wildman–Crippen LogP) is 8.88. The topological polar surface area (TPSA) is 142 Å². The van der Waals surface area contributed by atoms with Crippen molar-refractivity contribution >= 4 is 20.4 Å². The Morgan fingerprint density at radius 1 is 0.944 bits per heavy atom. The second kappa shape index (κ2) is 16.6. The Balaban J connectivity index is 1.24. The number of azide groups is 1. The van der Waals surface area contributed by atoms with Gasteiger partial charge in [-0.25, -0.2) is 4.79 Å². The summed E-state index contributed by atoms with van der Waals surface area (Å²) in [5.74, 6) is -0.835. The Hall–Kier alpha value is -4.23. The average molecular weight is 757 g/mol. The van der Waals surface area contributed by atoms with Crippen LogP contribution in [0.4, 0.5) is 4.79 Å². The number of benzene rings is 3. The minimum atomic E-state index is -2.49. The largest absolute Gasteiger partial charge is 0.458 e. The molecule has 1 amide bonds. The molecule has 2 aliphatic heterocycles. The molecule has 3 aromatic rings. The molecule has 2 saturated heterocycles. The number of ether oxygens (including phenoxy) is 5. The van der Waals surface area contributed by atoms with Gasteiger partial charge in [-0.1, -0.05) is 119 Å². The maximum Gasteiger partial charge on any atom is 0.410 e. The molecule has 0 aromatic heterocycles. The summed E-state index contributed by atoms with van der Waals surface area (Å²) in [6.07, 6.45) is -3.88. The molecule has 0 radical (unpaired) electrons. The van der Waals surface area contributed by atoms with E-state index in [0.29, 0.717) is 12.8 Å². The van der Waals surface area contributed by atoms with Gasteiger partial charge in [0.1, 0.15) is 37.5 Å². The van der Waals surface area contributed by atoms with Crippen molar-refractivity contribution in [2.24, 2.45) is 5.11 Å². The molecule has 1 aliphatic carbocycles. The number of carbonyl (C=O) groups excluding carboxylic acids is 2. The molecule has 2 fully saturated rings. The lowest BCUT2D eigenvalue weighted by atomic mass is 9.96. The highest BCUT2D eigenvalue weighted by Crippen LogP contribution is 2.45. The van der Waals surface area contributed by atoms with Gasteiger partial charge in [0, 0.05) is 22.4 Å². The highest BCUT2D eigenvalue weighted by Gasteiger charge is 2.54. The molecular weight excluding hydrogens is 705 g/mol. The first-order valence-corrected chi connectivity index (χ1v) is 21.8. The van der Waals surface area contributed by atoms with E-state index in [4.69, 9.17) is 28.1 Å². The molecule has 0 N–H and O–H groups in total. The van der Waals surface area contributed by atoms with Gasteiger partial charge in [0.25, 0.3) is 0 Å². The van der Waals surface area contributed by atoms with E-state index in [1.165, 1.54) is 4.90 Å². The van der Waals surface area contributed by atoms with Crippen LogP contribution in [0.2, 0.25) is 18.1 Å². The summed E-state index contributed by atoms with van der Waals surface area (Å²) in [4.78, 5) is 32.6. The molecule has 0 bridgehead atoms. The molecule has 6 rings (SSSR count). The molecule has 0 unspecified atom stereocenters. The molecular formula is C41H52N4O8Si. The number of amides is 1. The number of esters is 1. The van der Waals surface area contributed by atoms with E-state index >= 15 is 0 Å². The minimum absolute atomic E-state index is 0.114. The SMILES string of the molecule is CCC(CC)N(CC(=O)O[C@@H]1[C@@H](N=[N+]=[N-])[C@H](O[Si](C)(C)C(C)(C)C)O[C@@H]2CO[C@H](c3ccccc3)O[C@H]12)C(=O)OCC1c2ccccc2-c2ccccc21. The van der Waals surface area contributed by atoms with Crippen molar-refractivity contribution in [3.63, 3.8) is 0 Å². The summed E-state index contributed by atoms with van der Waals surface area (Å²) in [5, 5.41) is 3.90. The van der Waals surface area contributed by atoms with Crippen LogP contribution >= 0.6 is 0 Å². The second-order valence-corrected chi connectivity index (χ2v) is 20.4. The lowest BCUT2D eigenvalue weighted by Crippen LogP contribution is -2.64. The zero-order valence-electron chi connectivity index (χ0n) is 32.2. The van der Waals surface area contributed by atoms with E-state index in [1.54, 1.807) is 0 Å². The van der Waals surface area contributed by atoms with Crippen LogP contribution in [0.3, 0.4) is 0 Å². The Morgan fingerprint density at radius 2 is 1.56 bits per heavy atom.